The van der Waals surface area contributed by atoms with E-state index in [2.05, 4.69) is 5.32 Å². The van der Waals surface area contributed by atoms with Crippen LogP contribution in [0.25, 0.3) is 11.1 Å². The molecule has 1 heterocycles. The summed E-state index contributed by atoms with van der Waals surface area (Å²) in [4.78, 5) is 13.2. The first-order chi connectivity index (χ1) is 14.1. The van der Waals surface area contributed by atoms with Gasteiger partial charge < -0.3 is 19.9 Å². The second-order valence-electron chi connectivity index (χ2n) is 7.65. The number of carbonyl (C=O) groups is 1. The Morgan fingerprint density at radius 2 is 1.79 bits per heavy atom. The maximum absolute atomic E-state index is 13.2. The Bertz CT molecular complexity index is 1120. The second kappa shape index (κ2) is 6.55. The summed E-state index contributed by atoms with van der Waals surface area (Å²) in [6.45, 7) is 2.21. The minimum atomic E-state index is -0.527. The van der Waals surface area contributed by atoms with Crippen molar-refractivity contribution < 1.29 is 20.8 Å². The number of anilines is 1. The molecule has 3 aromatic carbocycles. The molecule has 2 N–H and O–H groups in total. The number of carbonyl (C=O) groups excluding carboxylic acids is 1. The lowest BCUT2D eigenvalue weighted by Gasteiger charge is -2.17. The van der Waals surface area contributed by atoms with E-state index in [1.807, 2.05) is 55.5 Å². The molecule has 0 unspecified atom stereocenters. The van der Waals surface area contributed by atoms with Gasteiger partial charge in [0.05, 0.1) is 5.41 Å². The summed E-state index contributed by atoms with van der Waals surface area (Å²) in [7, 11) is 0. The van der Waals surface area contributed by atoms with Gasteiger partial charge in [0.2, 0.25) is 12.7 Å². The van der Waals surface area contributed by atoms with Crippen molar-refractivity contribution in [1.82, 2.24) is 0 Å². The standard InChI is InChI=1S/C24H21NO4.H2/c1-15-6-8-17(13-19(15)18-4-2-3-5-20(18)26)25-23(27)24(10-11-24)16-7-9-21-22(12-16)29-14-28-21;/h2-9,12-13,26H,10-11,14H2,1H3,(H,25,27);1H. The van der Waals surface area contributed by atoms with Crippen LogP contribution in [0.15, 0.2) is 60.7 Å². The number of aryl methyl sites for hydroxylation is 1. The minimum Gasteiger partial charge on any atom is -0.507 e. The highest BCUT2D eigenvalue weighted by Gasteiger charge is 2.51. The normalized spacial score (nSPS) is 15.8. The van der Waals surface area contributed by atoms with E-state index in [9.17, 15) is 9.90 Å². The average Bonchev–Trinajstić information content (AvgIpc) is 3.41. The van der Waals surface area contributed by atoms with Crippen LogP contribution in [0.4, 0.5) is 5.69 Å². The first kappa shape index (κ1) is 17.6. The van der Waals surface area contributed by atoms with E-state index in [1.54, 1.807) is 12.1 Å². The molecule has 0 radical (unpaired) electrons. The van der Waals surface area contributed by atoms with Crippen molar-refractivity contribution >= 4 is 11.6 Å². The number of phenols is 1. The predicted molar refractivity (Wildman–Crippen MR) is 113 cm³/mol. The highest BCUT2D eigenvalue weighted by Crippen LogP contribution is 2.51. The summed E-state index contributed by atoms with van der Waals surface area (Å²) in [5.74, 6) is 1.61. The monoisotopic (exact) mass is 389 g/mol. The minimum absolute atomic E-state index is 0. The molecule has 5 heteroatoms. The Morgan fingerprint density at radius 1 is 1.00 bits per heavy atom. The van der Waals surface area contributed by atoms with Crippen molar-refractivity contribution in [2.45, 2.75) is 25.2 Å². The Balaban J connectivity index is 0.00000218. The lowest BCUT2D eigenvalue weighted by Crippen LogP contribution is -2.27. The zero-order chi connectivity index (χ0) is 20.0. The SMILES string of the molecule is Cc1ccc(NC(=O)C2(c3ccc4c(c3)OCO4)CC2)cc1-c1ccccc1O.[HH]. The van der Waals surface area contributed by atoms with Gasteiger partial charge in [-0.1, -0.05) is 30.3 Å². The van der Waals surface area contributed by atoms with Crippen molar-refractivity contribution in [2.24, 2.45) is 0 Å². The number of amides is 1. The van der Waals surface area contributed by atoms with E-state index in [-0.39, 0.29) is 19.9 Å². The molecule has 148 valence electrons. The molecular weight excluding hydrogens is 366 g/mol. The molecule has 1 fully saturated rings. The summed E-state index contributed by atoms with van der Waals surface area (Å²) >= 11 is 0. The van der Waals surface area contributed by atoms with Gasteiger partial charge in [0.1, 0.15) is 5.75 Å². The van der Waals surface area contributed by atoms with Gasteiger partial charge in [0.25, 0.3) is 0 Å². The summed E-state index contributed by atoms with van der Waals surface area (Å²) in [6.07, 6.45) is 1.60. The Morgan fingerprint density at radius 3 is 2.59 bits per heavy atom. The topological polar surface area (TPSA) is 67.8 Å². The number of fused-ring (bicyclic) bond motifs is 1. The summed E-state index contributed by atoms with van der Waals surface area (Å²) < 4.78 is 10.8. The van der Waals surface area contributed by atoms with Gasteiger partial charge in [-0.15, -0.1) is 0 Å². The Kier molecular flexibility index (Phi) is 3.98. The van der Waals surface area contributed by atoms with Crippen LogP contribution in [0, 0.1) is 6.92 Å². The van der Waals surface area contributed by atoms with Crippen molar-refractivity contribution in [1.29, 1.82) is 0 Å². The summed E-state index contributed by atoms with van der Waals surface area (Å²) in [5.41, 5.74) is 3.81. The number of rotatable bonds is 4. The van der Waals surface area contributed by atoms with Gasteiger partial charge in [0, 0.05) is 12.7 Å². The fourth-order valence-corrected chi connectivity index (χ4v) is 3.91. The molecule has 5 rings (SSSR count). The van der Waals surface area contributed by atoms with Gasteiger partial charge in [-0.05, 0) is 66.8 Å². The third-order valence-corrected chi connectivity index (χ3v) is 5.80. The van der Waals surface area contributed by atoms with E-state index in [0.29, 0.717) is 11.4 Å². The molecule has 1 aliphatic heterocycles. The number of nitrogens with one attached hydrogen (secondary N) is 1. The smallest absolute Gasteiger partial charge is 0.235 e. The van der Waals surface area contributed by atoms with Gasteiger partial charge in [-0.2, -0.15) is 0 Å². The molecule has 0 atom stereocenters. The molecule has 0 spiro atoms. The zero-order valence-electron chi connectivity index (χ0n) is 16.1. The fourth-order valence-electron chi connectivity index (χ4n) is 3.91. The summed E-state index contributed by atoms with van der Waals surface area (Å²) in [5, 5.41) is 13.3. The third kappa shape index (κ3) is 2.99. The number of hydrogen-bond acceptors (Lipinski definition) is 4. The number of phenolic OH excluding ortho intramolecular Hbond substituents is 1. The van der Waals surface area contributed by atoms with Crippen LogP contribution >= 0.6 is 0 Å². The molecule has 3 aromatic rings. The Hall–Kier alpha value is -3.47. The van der Waals surface area contributed by atoms with Gasteiger partial charge in [-0.3, -0.25) is 4.79 Å². The molecule has 5 nitrogen and oxygen atoms in total. The maximum atomic E-state index is 13.2. The highest BCUT2D eigenvalue weighted by atomic mass is 16.7. The molecule has 2 aliphatic rings. The molecule has 1 aliphatic carbocycles. The van der Waals surface area contributed by atoms with Gasteiger partial charge >= 0.3 is 0 Å². The van der Waals surface area contributed by atoms with Crippen LogP contribution in [0.2, 0.25) is 0 Å². The van der Waals surface area contributed by atoms with Crippen molar-refractivity contribution in [2.75, 3.05) is 12.1 Å². The van der Waals surface area contributed by atoms with E-state index in [0.717, 1.165) is 40.8 Å². The van der Waals surface area contributed by atoms with Gasteiger partial charge in [0.15, 0.2) is 11.5 Å². The molecule has 0 bridgehead atoms. The lowest BCUT2D eigenvalue weighted by atomic mass is 9.94. The van der Waals surface area contributed by atoms with Gasteiger partial charge in [-0.25, -0.2) is 0 Å². The summed E-state index contributed by atoms with van der Waals surface area (Å²) in [6, 6.07) is 18.7. The number of aromatic hydroxyl groups is 1. The lowest BCUT2D eigenvalue weighted by molar-refractivity contribution is -0.118. The molecule has 0 aromatic heterocycles. The van der Waals surface area contributed by atoms with Crippen LogP contribution in [-0.2, 0) is 10.2 Å². The molecular formula is C24H23NO4. The third-order valence-electron chi connectivity index (χ3n) is 5.80. The Labute approximate surface area is 170 Å². The van der Waals surface area contributed by atoms with Crippen LogP contribution in [0.1, 0.15) is 25.4 Å². The fraction of sp³-hybridized carbons (Fsp3) is 0.208. The zero-order valence-corrected chi connectivity index (χ0v) is 16.1. The second-order valence-corrected chi connectivity index (χ2v) is 7.65. The van der Waals surface area contributed by atoms with Crippen LogP contribution in [-0.4, -0.2) is 17.8 Å². The van der Waals surface area contributed by atoms with E-state index in [1.165, 1.54) is 0 Å². The molecule has 29 heavy (non-hydrogen) atoms. The number of benzene rings is 3. The van der Waals surface area contributed by atoms with Crippen LogP contribution in [0.5, 0.6) is 17.2 Å². The first-order valence-electron chi connectivity index (χ1n) is 9.67. The predicted octanol–water partition coefficient (Wildman–Crippen LogP) is 5.01. The molecule has 1 amide bonds. The average molecular weight is 389 g/mol. The maximum Gasteiger partial charge on any atom is 0.235 e. The largest absolute Gasteiger partial charge is 0.507 e. The van der Waals surface area contributed by atoms with Crippen LogP contribution in [0.3, 0.4) is 0 Å². The van der Waals surface area contributed by atoms with Crippen molar-refractivity contribution in [3.8, 4) is 28.4 Å². The highest BCUT2D eigenvalue weighted by molar-refractivity contribution is 6.02. The van der Waals surface area contributed by atoms with E-state index >= 15 is 0 Å². The number of para-hydroxylation sites is 1. The number of ether oxygens (including phenoxy) is 2. The van der Waals surface area contributed by atoms with Crippen molar-refractivity contribution in [3.63, 3.8) is 0 Å². The molecule has 1 saturated carbocycles. The van der Waals surface area contributed by atoms with Crippen LogP contribution < -0.4 is 14.8 Å². The number of hydrogen-bond donors (Lipinski definition) is 2. The van der Waals surface area contributed by atoms with Crippen molar-refractivity contribution in [3.05, 3.63) is 71.8 Å². The van der Waals surface area contributed by atoms with E-state index < -0.39 is 5.41 Å². The molecule has 0 saturated heterocycles. The first-order valence-corrected chi connectivity index (χ1v) is 9.67. The quantitative estimate of drug-likeness (QED) is 0.658. The van der Waals surface area contributed by atoms with E-state index in [4.69, 9.17) is 9.47 Å².